The number of benzene rings is 6. The summed E-state index contributed by atoms with van der Waals surface area (Å²) in [6.07, 6.45) is 7.67. The van der Waals surface area contributed by atoms with Crippen LogP contribution in [0.15, 0.2) is 134 Å². The van der Waals surface area contributed by atoms with Crippen LogP contribution in [0.3, 0.4) is 0 Å². The van der Waals surface area contributed by atoms with Crippen molar-refractivity contribution >= 4 is 43.1 Å². The van der Waals surface area contributed by atoms with Gasteiger partial charge in [-0.3, -0.25) is 9.97 Å². The molecule has 0 amide bonds. The Hall–Kier alpha value is -5.08. The fourth-order valence-electron chi connectivity index (χ4n) is 6.00. The molecular formula is C36H22N2. The van der Waals surface area contributed by atoms with E-state index < -0.39 is 0 Å². The lowest BCUT2D eigenvalue weighted by Gasteiger charge is -2.16. The maximum Gasteiger partial charge on any atom is 0.0352 e. The molecule has 8 aromatic rings. The van der Waals surface area contributed by atoms with Crippen molar-refractivity contribution in [1.82, 2.24) is 9.97 Å². The molecule has 0 N–H and O–H groups in total. The van der Waals surface area contributed by atoms with E-state index in [9.17, 15) is 0 Å². The maximum atomic E-state index is 4.48. The standard InChI is InChI=1S/C36H22N2/c1-2-6-29-27(4-1)21-38-22-34(29)24-9-7-23(8-10-24)30-15-11-25-14-18-33-31(28-5-3-19-37-20-28)16-12-26-13-17-32(30)35(25)36(26)33/h1-22H. The van der Waals surface area contributed by atoms with Crippen LogP contribution in [-0.2, 0) is 0 Å². The zero-order chi connectivity index (χ0) is 25.1. The third kappa shape index (κ3) is 3.14. The summed E-state index contributed by atoms with van der Waals surface area (Å²) < 4.78 is 0. The van der Waals surface area contributed by atoms with Gasteiger partial charge in [0, 0.05) is 41.3 Å². The van der Waals surface area contributed by atoms with Gasteiger partial charge in [-0.2, -0.15) is 0 Å². The summed E-state index contributed by atoms with van der Waals surface area (Å²) in [6, 6.07) is 39.5. The molecule has 2 nitrogen and oxygen atoms in total. The van der Waals surface area contributed by atoms with Gasteiger partial charge in [-0.1, -0.05) is 103 Å². The van der Waals surface area contributed by atoms with Gasteiger partial charge in [-0.25, -0.2) is 0 Å². The minimum absolute atomic E-state index is 1.14. The molecule has 2 heteroatoms. The molecule has 0 fully saturated rings. The van der Waals surface area contributed by atoms with Crippen LogP contribution in [0, 0.1) is 0 Å². The second-order valence-corrected chi connectivity index (χ2v) is 9.88. The first kappa shape index (κ1) is 21.0. The van der Waals surface area contributed by atoms with E-state index in [4.69, 9.17) is 0 Å². The molecular weight excluding hydrogens is 460 g/mol. The summed E-state index contributed by atoms with van der Waals surface area (Å²) in [5.41, 5.74) is 7.17. The number of hydrogen-bond donors (Lipinski definition) is 0. The monoisotopic (exact) mass is 482 g/mol. The molecule has 0 bridgehead atoms. The van der Waals surface area contributed by atoms with Crippen LogP contribution in [0.1, 0.15) is 0 Å². The largest absolute Gasteiger partial charge is 0.264 e. The molecule has 0 atom stereocenters. The van der Waals surface area contributed by atoms with E-state index in [1.807, 2.05) is 30.9 Å². The summed E-state index contributed by atoms with van der Waals surface area (Å²) in [5.74, 6) is 0. The highest BCUT2D eigenvalue weighted by molar-refractivity contribution is 6.27. The van der Waals surface area contributed by atoms with E-state index in [2.05, 4.69) is 113 Å². The molecule has 0 aliphatic heterocycles. The van der Waals surface area contributed by atoms with Crippen molar-refractivity contribution in [2.45, 2.75) is 0 Å². The van der Waals surface area contributed by atoms with Crippen LogP contribution in [0.2, 0.25) is 0 Å². The lowest BCUT2D eigenvalue weighted by atomic mass is 9.87. The van der Waals surface area contributed by atoms with Crippen molar-refractivity contribution in [1.29, 1.82) is 0 Å². The van der Waals surface area contributed by atoms with Gasteiger partial charge in [0.05, 0.1) is 0 Å². The van der Waals surface area contributed by atoms with Gasteiger partial charge in [0.2, 0.25) is 0 Å². The number of nitrogens with zero attached hydrogens (tertiary/aromatic N) is 2. The zero-order valence-corrected chi connectivity index (χ0v) is 20.6. The fourth-order valence-corrected chi connectivity index (χ4v) is 6.00. The second-order valence-electron chi connectivity index (χ2n) is 9.88. The Morgan fingerprint density at radius 2 is 0.974 bits per heavy atom. The van der Waals surface area contributed by atoms with E-state index in [1.165, 1.54) is 60.0 Å². The highest BCUT2D eigenvalue weighted by Crippen LogP contribution is 2.42. The Morgan fingerprint density at radius 1 is 0.342 bits per heavy atom. The van der Waals surface area contributed by atoms with Crippen molar-refractivity contribution in [3.63, 3.8) is 0 Å². The second kappa shape index (κ2) is 8.22. The Labute approximate surface area is 220 Å². The molecule has 0 aliphatic carbocycles. The smallest absolute Gasteiger partial charge is 0.0352 e. The molecule has 0 radical (unpaired) electrons. The fraction of sp³-hybridized carbons (Fsp3) is 0. The Bertz CT molecular complexity index is 2100. The van der Waals surface area contributed by atoms with Crippen molar-refractivity contribution < 1.29 is 0 Å². The van der Waals surface area contributed by atoms with Crippen molar-refractivity contribution in [3.8, 4) is 33.4 Å². The van der Waals surface area contributed by atoms with Crippen molar-refractivity contribution in [3.05, 3.63) is 134 Å². The minimum Gasteiger partial charge on any atom is -0.264 e. The summed E-state index contributed by atoms with van der Waals surface area (Å²) in [5, 5.41) is 10.1. The topological polar surface area (TPSA) is 25.8 Å². The van der Waals surface area contributed by atoms with Crippen LogP contribution >= 0.6 is 0 Å². The normalized spacial score (nSPS) is 11.7. The number of hydrogen-bond acceptors (Lipinski definition) is 2. The molecule has 0 unspecified atom stereocenters. The molecule has 38 heavy (non-hydrogen) atoms. The average Bonchev–Trinajstić information content (AvgIpc) is 3.00. The van der Waals surface area contributed by atoms with Crippen molar-refractivity contribution in [2.75, 3.05) is 0 Å². The number of rotatable bonds is 3. The third-order valence-electron chi connectivity index (χ3n) is 7.81. The third-order valence-corrected chi connectivity index (χ3v) is 7.81. The summed E-state index contributed by atoms with van der Waals surface area (Å²) in [4.78, 5) is 8.85. The molecule has 0 saturated heterocycles. The summed E-state index contributed by atoms with van der Waals surface area (Å²) in [6.45, 7) is 0. The minimum atomic E-state index is 1.14. The molecule has 8 rings (SSSR count). The molecule has 2 aromatic heterocycles. The first-order valence-corrected chi connectivity index (χ1v) is 12.9. The van der Waals surface area contributed by atoms with Gasteiger partial charge in [0.1, 0.15) is 0 Å². The quantitative estimate of drug-likeness (QED) is 0.234. The lowest BCUT2D eigenvalue weighted by Crippen LogP contribution is -1.90. The first-order valence-electron chi connectivity index (χ1n) is 12.9. The number of pyridine rings is 2. The van der Waals surface area contributed by atoms with Gasteiger partial charge >= 0.3 is 0 Å². The highest BCUT2D eigenvalue weighted by Gasteiger charge is 2.15. The van der Waals surface area contributed by atoms with E-state index in [0.29, 0.717) is 0 Å². The summed E-state index contributed by atoms with van der Waals surface area (Å²) in [7, 11) is 0. The molecule has 176 valence electrons. The number of fused-ring (bicyclic) bond motifs is 1. The Morgan fingerprint density at radius 3 is 1.66 bits per heavy atom. The highest BCUT2D eigenvalue weighted by atomic mass is 14.6. The summed E-state index contributed by atoms with van der Waals surface area (Å²) >= 11 is 0. The molecule has 6 aromatic carbocycles. The first-order chi connectivity index (χ1) is 18.8. The van der Waals surface area contributed by atoms with Gasteiger partial charge in [-0.05, 0) is 66.0 Å². The van der Waals surface area contributed by atoms with E-state index in [0.717, 1.165) is 16.5 Å². The van der Waals surface area contributed by atoms with Crippen LogP contribution in [0.4, 0.5) is 0 Å². The molecule has 2 heterocycles. The zero-order valence-electron chi connectivity index (χ0n) is 20.6. The Balaban J connectivity index is 1.31. The van der Waals surface area contributed by atoms with Crippen LogP contribution in [-0.4, -0.2) is 9.97 Å². The Kier molecular flexibility index (Phi) is 4.55. The van der Waals surface area contributed by atoms with Gasteiger partial charge in [0.25, 0.3) is 0 Å². The predicted molar refractivity (Wildman–Crippen MR) is 160 cm³/mol. The lowest BCUT2D eigenvalue weighted by molar-refractivity contribution is 1.33. The van der Waals surface area contributed by atoms with Gasteiger partial charge < -0.3 is 0 Å². The van der Waals surface area contributed by atoms with Crippen LogP contribution in [0.25, 0.3) is 76.5 Å². The average molecular weight is 483 g/mol. The van der Waals surface area contributed by atoms with E-state index >= 15 is 0 Å². The van der Waals surface area contributed by atoms with Crippen LogP contribution < -0.4 is 0 Å². The molecule has 0 spiro atoms. The van der Waals surface area contributed by atoms with Gasteiger partial charge in [0.15, 0.2) is 0 Å². The molecule has 0 saturated carbocycles. The molecule has 0 aliphatic rings. The predicted octanol–water partition coefficient (Wildman–Crippen LogP) is 9.53. The van der Waals surface area contributed by atoms with Gasteiger partial charge in [-0.15, -0.1) is 0 Å². The van der Waals surface area contributed by atoms with Crippen LogP contribution in [0.5, 0.6) is 0 Å². The number of aromatic nitrogens is 2. The van der Waals surface area contributed by atoms with Crippen molar-refractivity contribution in [2.24, 2.45) is 0 Å². The van der Waals surface area contributed by atoms with E-state index in [1.54, 1.807) is 0 Å². The maximum absolute atomic E-state index is 4.48. The SMILES string of the molecule is c1cncc(-c2ccc3ccc4c(-c5ccc(-c6cncc7ccccc67)cc5)ccc5ccc2c3c54)c1. The van der Waals surface area contributed by atoms with E-state index in [-0.39, 0.29) is 0 Å².